The number of imidazole rings is 1. The summed E-state index contributed by atoms with van der Waals surface area (Å²) in [5, 5.41) is 5.91. The largest absolute Gasteiger partial charge is 0.355 e. The summed E-state index contributed by atoms with van der Waals surface area (Å²) in [7, 11) is 0. The van der Waals surface area contributed by atoms with Gasteiger partial charge < -0.3 is 15.2 Å². The molecule has 0 aliphatic heterocycles. The summed E-state index contributed by atoms with van der Waals surface area (Å²) in [5.41, 5.74) is 1.73. The number of fused-ring (bicyclic) bond motifs is 1. The molecule has 0 fully saturated rings. The van der Waals surface area contributed by atoms with Crippen LogP contribution in [0.15, 0.2) is 24.3 Å². The van der Waals surface area contributed by atoms with Gasteiger partial charge in [0.15, 0.2) is 0 Å². The minimum atomic E-state index is -0.255. The molecule has 25 heavy (non-hydrogen) atoms. The fraction of sp³-hybridized carbons (Fsp3) is 0.526. The number of hydrogen-bond donors (Lipinski definition) is 2. The van der Waals surface area contributed by atoms with Crippen molar-refractivity contribution in [1.29, 1.82) is 0 Å². The van der Waals surface area contributed by atoms with Gasteiger partial charge in [-0.1, -0.05) is 32.4 Å². The molecule has 0 saturated heterocycles. The normalized spacial score (nSPS) is 12.1. The number of benzene rings is 1. The molecule has 0 aliphatic carbocycles. The van der Waals surface area contributed by atoms with Crippen molar-refractivity contribution in [3.63, 3.8) is 0 Å². The first-order chi connectivity index (χ1) is 12.1. The molecule has 2 N–H and O–H groups in total. The predicted octanol–water partition coefficient (Wildman–Crippen LogP) is 2.93. The number of rotatable bonds is 9. The van der Waals surface area contributed by atoms with Gasteiger partial charge in [-0.3, -0.25) is 9.59 Å². The average Bonchev–Trinajstić information content (AvgIpc) is 2.94. The van der Waals surface area contributed by atoms with Crippen molar-refractivity contribution in [1.82, 2.24) is 20.2 Å². The number of nitrogens with zero attached hydrogens (tertiary/aromatic N) is 2. The standard InChI is InChI=1S/C19H28N4O2/c1-4-6-12-20-18(25)13-23-16-11-8-7-10-15(16)22-19(23)14(3)21-17(24)9-5-2/h7-8,10-11,14H,4-6,9,12-13H2,1-3H3,(H,20,25)(H,21,24). The number of hydrogen-bond acceptors (Lipinski definition) is 3. The van der Waals surface area contributed by atoms with Gasteiger partial charge in [-0.2, -0.15) is 0 Å². The zero-order valence-electron chi connectivity index (χ0n) is 15.3. The summed E-state index contributed by atoms with van der Waals surface area (Å²) in [4.78, 5) is 28.8. The highest BCUT2D eigenvalue weighted by Crippen LogP contribution is 2.21. The van der Waals surface area contributed by atoms with Crippen LogP contribution in [0.5, 0.6) is 0 Å². The van der Waals surface area contributed by atoms with E-state index < -0.39 is 0 Å². The molecule has 0 radical (unpaired) electrons. The molecule has 6 heteroatoms. The Balaban J connectivity index is 2.23. The van der Waals surface area contributed by atoms with Crippen molar-refractivity contribution in [2.45, 2.75) is 59.0 Å². The van der Waals surface area contributed by atoms with Gasteiger partial charge in [-0.05, 0) is 31.9 Å². The third kappa shape index (κ3) is 5.05. The van der Waals surface area contributed by atoms with E-state index in [0.717, 1.165) is 30.3 Å². The maximum absolute atomic E-state index is 12.3. The lowest BCUT2D eigenvalue weighted by Crippen LogP contribution is -2.32. The molecule has 2 aromatic rings. The molecule has 0 bridgehead atoms. The lowest BCUT2D eigenvalue weighted by Gasteiger charge is -2.16. The molecule has 1 aromatic heterocycles. The first-order valence-electron chi connectivity index (χ1n) is 9.08. The molecule has 6 nitrogen and oxygen atoms in total. The maximum atomic E-state index is 12.3. The van der Waals surface area contributed by atoms with Crippen LogP contribution in [-0.2, 0) is 16.1 Å². The highest BCUT2D eigenvalue weighted by molar-refractivity contribution is 5.81. The van der Waals surface area contributed by atoms with E-state index in [9.17, 15) is 9.59 Å². The van der Waals surface area contributed by atoms with Crippen LogP contribution in [-0.4, -0.2) is 27.9 Å². The number of carbonyl (C=O) groups excluding carboxylic acids is 2. The molecule has 136 valence electrons. The molecule has 2 rings (SSSR count). The van der Waals surface area contributed by atoms with Crippen molar-refractivity contribution < 1.29 is 9.59 Å². The van der Waals surface area contributed by atoms with Gasteiger partial charge in [0.2, 0.25) is 11.8 Å². The Morgan fingerprint density at radius 1 is 1.16 bits per heavy atom. The number of carbonyl (C=O) groups is 2. The van der Waals surface area contributed by atoms with E-state index in [1.807, 2.05) is 42.7 Å². The molecule has 0 spiro atoms. The van der Waals surface area contributed by atoms with E-state index >= 15 is 0 Å². The van der Waals surface area contributed by atoms with E-state index in [2.05, 4.69) is 22.5 Å². The molecular formula is C19H28N4O2. The van der Waals surface area contributed by atoms with E-state index in [4.69, 9.17) is 0 Å². The Hall–Kier alpha value is -2.37. The molecule has 2 amide bonds. The highest BCUT2D eigenvalue weighted by Gasteiger charge is 2.19. The van der Waals surface area contributed by atoms with Gasteiger partial charge in [-0.25, -0.2) is 4.98 Å². The summed E-state index contributed by atoms with van der Waals surface area (Å²) in [5.74, 6) is 0.669. The molecule has 1 unspecified atom stereocenters. The third-order valence-corrected chi connectivity index (χ3v) is 4.08. The second-order valence-electron chi connectivity index (χ2n) is 6.29. The first kappa shape index (κ1) is 19.0. The quantitative estimate of drug-likeness (QED) is 0.687. The minimum absolute atomic E-state index is 0.000929. The van der Waals surface area contributed by atoms with Crippen LogP contribution in [0.1, 0.15) is 58.3 Å². The van der Waals surface area contributed by atoms with Crippen molar-refractivity contribution in [2.75, 3.05) is 6.54 Å². The molecular weight excluding hydrogens is 316 g/mol. The second kappa shape index (κ2) is 9.20. The van der Waals surface area contributed by atoms with Gasteiger partial charge in [-0.15, -0.1) is 0 Å². The van der Waals surface area contributed by atoms with Crippen molar-refractivity contribution >= 4 is 22.8 Å². The van der Waals surface area contributed by atoms with Crippen molar-refractivity contribution in [2.24, 2.45) is 0 Å². The van der Waals surface area contributed by atoms with Crippen molar-refractivity contribution in [3.8, 4) is 0 Å². The lowest BCUT2D eigenvalue weighted by molar-refractivity contribution is -0.122. The topological polar surface area (TPSA) is 76.0 Å². The van der Waals surface area contributed by atoms with Gasteiger partial charge in [0.25, 0.3) is 0 Å². The van der Waals surface area contributed by atoms with Crippen LogP contribution in [0, 0.1) is 0 Å². The summed E-state index contributed by atoms with van der Waals surface area (Å²) < 4.78 is 1.90. The predicted molar refractivity (Wildman–Crippen MR) is 99.1 cm³/mol. The summed E-state index contributed by atoms with van der Waals surface area (Å²) in [6.45, 7) is 6.85. The molecule has 0 aliphatic rings. The van der Waals surface area contributed by atoms with Crippen LogP contribution in [0.4, 0.5) is 0 Å². The van der Waals surface area contributed by atoms with Crippen LogP contribution >= 0.6 is 0 Å². The van der Waals surface area contributed by atoms with Crippen molar-refractivity contribution in [3.05, 3.63) is 30.1 Å². The van der Waals surface area contributed by atoms with Crippen LogP contribution in [0.2, 0.25) is 0 Å². The summed E-state index contributed by atoms with van der Waals surface area (Å²) in [6.07, 6.45) is 3.30. The number of para-hydroxylation sites is 2. The highest BCUT2D eigenvalue weighted by atomic mass is 16.2. The van der Waals surface area contributed by atoms with Gasteiger partial charge >= 0.3 is 0 Å². The van der Waals surface area contributed by atoms with Crippen LogP contribution in [0.3, 0.4) is 0 Å². The lowest BCUT2D eigenvalue weighted by atomic mass is 10.2. The Morgan fingerprint density at radius 3 is 2.64 bits per heavy atom. The Kier molecular flexibility index (Phi) is 6.98. The molecule has 1 atom stereocenters. The molecule has 1 heterocycles. The smallest absolute Gasteiger partial charge is 0.240 e. The summed E-state index contributed by atoms with van der Waals surface area (Å²) >= 11 is 0. The van der Waals surface area contributed by atoms with Gasteiger partial charge in [0, 0.05) is 13.0 Å². The van der Waals surface area contributed by atoms with E-state index in [1.54, 1.807) is 0 Å². The van der Waals surface area contributed by atoms with Crippen LogP contribution in [0.25, 0.3) is 11.0 Å². The first-order valence-corrected chi connectivity index (χ1v) is 9.08. The Labute approximate surface area is 149 Å². The maximum Gasteiger partial charge on any atom is 0.240 e. The number of unbranched alkanes of at least 4 members (excludes halogenated alkanes) is 1. The van der Waals surface area contributed by atoms with Crippen LogP contribution < -0.4 is 10.6 Å². The second-order valence-corrected chi connectivity index (χ2v) is 6.29. The fourth-order valence-corrected chi connectivity index (χ4v) is 2.80. The monoisotopic (exact) mass is 344 g/mol. The third-order valence-electron chi connectivity index (χ3n) is 4.08. The SMILES string of the molecule is CCCCNC(=O)Cn1c(C(C)NC(=O)CCC)nc2ccccc21. The number of amides is 2. The fourth-order valence-electron chi connectivity index (χ4n) is 2.80. The van der Waals surface area contributed by atoms with Gasteiger partial charge in [0.1, 0.15) is 12.4 Å². The van der Waals surface area contributed by atoms with Gasteiger partial charge in [0.05, 0.1) is 17.1 Å². The Bertz CT molecular complexity index is 723. The van der Waals surface area contributed by atoms with E-state index in [1.165, 1.54) is 0 Å². The average molecular weight is 344 g/mol. The minimum Gasteiger partial charge on any atom is -0.355 e. The van der Waals surface area contributed by atoms with E-state index in [0.29, 0.717) is 18.8 Å². The molecule has 0 saturated carbocycles. The van der Waals surface area contributed by atoms with E-state index in [-0.39, 0.29) is 24.4 Å². The zero-order valence-corrected chi connectivity index (χ0v) is 15.3. The molecule has 1 aromatic carbocycles. The number of aromatic nitrogens is 2. The summed E-state index contributed by atoms with van der Waals surface area (Å²) in [6, 6.07) is 7.47. The zero-order chi connectivity index (χ0) is 18.2. The Morgan fingerprint density at radius 2 is 1.92 bits per heavy atom. The number of nitrogens with one attached hydrogen (secondary N) is 2.